The largest absolute Gasteiger partial charge is 0.494 e. The highest BCUT2D eigenvalue weighted by atomic mass is 16.5. The van der Waals surface area contributed by atoms with Gasteiger partial charge in [0.15, 0.2) is 5.78 Å². The maximum atomic E-state index is 12.6. The van der Waals surface area contributed by atoms with Crippen molar-refractivity contribution in [3.8, 4) is 5.75 Å². The Morgan fingerprint density at radius 2 is 1.95 bits per heavy atom. The first kappa shape index (κ1) is 15.1. The highest BCUT2D eigenvalue weighted by molar-refractivity contribution is 6.10. The number of carbonyl (C=O) groups excluding carboxylic acids is 1. The van der Waals surface area contributed by atoms with Crippen molar-refractivity contribution in [3.63, 3.8) is 0 Å². The van der Waals surface area contributed by atoms with Gasteiger partial charge in [0.1, 0.15) is 5.75 Å². The maximum Gasteiger partial charge on any atom is 0.193 e. The first-order valence-corrected chi connectivity index (χ1v) is 7.31. The third-order valence-corrected chi connectivity index (χ3v) is 3.32. The lowest BCUT2D eigenvalue weighted by Crippen LogP contribution is -2.06. The van der Waals surface area contributed by atoms with Crippen LogP contribution in [0.25, 0.3) is 0 Å². The van der Waals surface area contributed by atoms with Crippen LogP contribution in [0, 0.1) is 0 Å². The molecule has 0 fully saturated rings. The summed E-state index contributed by atoms with van der Waals surface area (Å²) in [6.45, 7) is 4.79. The van der Waals surface area contributed by atoms with Crippen molar-refractivity contribution < 1.29 is 9.53 Å². The Kier molecular flexibility index (Phi) is 4.99. The lowest BCUT2D eigenvalue weighted by molar-refractivity contribution is 0.103. The summed E-state index contributed by atoms with van der Waals surface area (Å²) in [6.07, 6.45) is 1.75. The van der Waals surface area contributed by atoms with Crippen molar-refractivity contribution in [1.82, 2.24) is 0 Å². The Labute approximate surface area is 125 Å². The van der Waals surface area contributed by atoms with Crippen molar-refractivity contribution in [2.75, 3.05) is 12.3 Å². The number of hydrogen-bond donors (Lipinski definition) is 1. The Balaban J connectivity index is 2.32. The molecule has 2 rings (SSSR count). The van der Waals surface area contributed by atoms with Gasteiger partial charge >= 0.3 is 0 Å². The third-order valence-electron chi connectivity index (χ3n) is 3.32. The smallest absolute Gasteiger partial charge is 0.193 e. The lowest BCUT2D eigenvalue weighted by Gasteiger charge is -2.11. The van der Waals surface area contributed by atoms with Crippen LogP contribution in [0.3, 0.4) is 0 Å². The molecular formula is C18H21NO2. The van der Waals surface area contributed by atoms with E-state index >= 15 is 0 Å². The number of ether oxygens (including phenoxy) is 1. The number of hydrogen-bond acceptors (Lipinski definition) is 3. The van der Waals surface area contributed by atoms with E-state index in [0.29, 0.717) is 23.4 Å². The summed E-state index contributed by atoms with van der Waals surface area (Å²) in [4.78, 5) is 12.6. The average molecular weight is 283 g/mol. The predicted octanol–water partition coefficient (Wildman–Crippen LogP) is 3.85. The van der Waals surface area contributed by atoms with Crippen molar-refractivity contribution in [2.45, 2.75) is 26.7 Å². The van der Waals surface area contributed by atoms with Gasteiger partial charge in [-0.1, -0.05) is 26.0 Å². The van der Waals surface area contributed by atoms with Crippen molar-refractivity contribution >= 4 is 11.5 Å². The fraction of sp³-hybridized carbons (Fsp3) is 0.278. The molecule has 0 radical (unpaired) electrons. The Morgan fingerprint density at radius 1 is 1.14 bits per heavy atom. The van der Waals surface area contributed by atoms with Gasteiger partial charge in [0, 0.05) is 16.8 Å². The van der Waals surface area contributed by atoms with Gasteiger partial charge in [-0.2, -0.15) is 0 Å². The second-order valence-corrected chi connectivity index (χ2v) is 4.98. The molecule has 110 valence electrons. The van der Waals surface area contributed by atoms with Crippen LogP contribution in [0.15, 0.2) is 42.5 Å². The van der Waals surface area contributed by atoms with Crippen molar-refractivity contribution in [2.24, 2.45) is 0 Å². The van der Waals surface area contributed by atoms with Gasteiger partial charge in [0.05, 0.1) is 6.61 Å². The SMILES string of the molecule is CCCOc1ccc(C(=O)c2cccc(N)c2)c(CC)c1. The Hall–Kier alpha value is -2.29. The van der Waals surface area contributed by atoms with Crippen LogP contribution in [0.5, 0.6) is 5.75 Å². The molecule has 0 saturated carbocycles. The fourth-order valence-electron chi connectivity index (χ4n) is 2.23. The molecule has 21 heavy (non-hydrogen) atoms. The minimum atomic E-state index is 0.00110. The monoisotopic (exact) mass is 283 g/mol. The van der Waals surface area contributed by atoms with E-state index in [9.17, 15) is 4.79 Å². The third kappa shape index (κ3) is 3.63. The normalized spacial score (nSPS) is 10.4. The van der Waals surface area contributed by atoms with Gasteiger partial charge in [-0.25, -0.2) is 0 Å². The highest BCUT2D eigenvalue weighted by Crippen LogP contribution is 2.22. The number of carbonyl (C=O) groups is 1. The topological polar surface area (TPSA) is 52.3 Å². The van der Waals surface area contributed by atoms with E-state index in [2.05, 4.69) is 6.92 Å². The molecule has 2 N–H and O–H groups in total. The van der Waals surface area contributed by atoms with E-state index in [1.807, 2.05) is 25.1 Å². The van der Waals surface area contributed by atoms with Crippen LogP contribution in [0.1, 0.15) is 41.8 Å². The second-order valence-electron chi connectivity index (χ2n) is 4.98. The second kappa shape index (κ2) is 6.93. The van der Waals surface area contributed by atoms with Gasteiger partial charge in [0.25, 0.3) is 0 Å². The quantitative estimate of drug-likeness (QED) is 0.647. The first-order chi connectivity index (χ1) is 10.2. The van der Waals surface area contributed by atoms with Crippen LogP contribution >= 0.6 is 0 Å². The summed E-state index contributed by atoms with van der Waals surface area (Å²) in [5.74, 6) is 0.819. The predicted molar refractivity (Wildman–Crippen MR) is 85.9 cm³/mol. The number of ketones is 1. The molecular weight excluding hydrogens is 262 g/mol. The lowest BCUT2D eigenvalue weighted by atomic mass is 9.96. The molecule has 0 saturated heterocycles. The standard InChI is InChI=1S/C18H21NO2/c1-3-10-21-16-8-9-17(13(4-2)12-16)18(20)14-6-5-7-15(19)11-14/h5-9,11-12H,3-4,10,19H2,1-2H3. The molecule has 2 aromatic rings. The zero-order chi connectivity index (χ0) is 15.2. The number of aryl methyl sites for hydroxylation is 1. The van der Waals surface area contributed by atoms with Crippen LogP contribution < -0.4 is 10.5 Å². The van der Waals surface area contributed by atoms with E-state index in [0.717, 1.165) is 24.2 Å². The summed E-state index contributed by atoms with van der Waals surface area (Å²) < 4.78 is 5.63. The van der Waals surface area contributed by atoms with Crippen LogP contribution in [0.2, 0.25) is 0 Å². The van der Waals surface area contributed by atoms with Crippen molar-refractivity contribution in [3.05, 3.63) is 59.2 Å². The molecule has 0 amide bonds. The summed E-state index contributed by atoms with van der Waals surface area (Å²) >= 11 is 0. The number of rotatable bonds is 6. The van der Waals surface area contributed by atoms with Crippen LogP contribution in [-0.2, 0) is 6.42 Å². The molecule has 0 atom stereocenters. The van der Waals surface area contributed by atoms with E-state index in [1.54, 1.807) is 24.3 Å². The zero-order valence-electron chi connectivity index (χ0n) is 12.6. The first-order valence-electron chi connectivity index (χ1n) is 7.31. The van der Waals surface area contributed by atoms with Gasteiger partial charge in [-0.15, -0.1) is 0 Å². The van der Waals surface area contributed by atoms with Gasteiger partial charge in [0.2, 0.25) is 0 Å². The molecule has 2 aromatic carbocycles. The zero-order valence-corrected chi connectivity index (χ0v) is 12.6. The summed E-state index contributed by atoms with van der Waals surface area (Å²) in [7, 11) is 0. The number of anilines is 1. The summed E-state index contributed by atoms with van der Waals surface area (Å²) in [5, 5.41) is 0. The molecule has 0 aliphatic rings. The van der Waals surface area contributed by atoms with Gasteiger partial charge in [-0.05, 0) is 48.7 Å². The maximum absolute atomic E-state index is 12.6. The van der Waals surface area contributed by atoms with E-state index < -0.39 is 0 Å². The highest BCUT2D eigenvalue weighted by Gasteiger charge is 2.14. The Bertz CT molecular complexity index is 635. The summed E-state index contributed by atoms with van der Waals surface area (Å²) in [5.41, 5.74) is 8.68. The average Bonchev–Trinajstić information content (AvgIpc) is 2.52. The molecule has 0 aliphatic heterocycles. The van der Waals surface area contributed by atoms with Gasteiger partial charge in [-0.3, -0.25) is 4.79 Å². The number of nitrogens with two attached hydrogens (primary N) is 1. The Morgan fingerprint density at radius 3 is 2.62 bits per heavy atom. The van der Waals surface area contributed by atoms with E-state index in [4.69, 9.17) is 10.5 Å². The molecule has 0 spiro atoms. The molecule has 0 aliphatic carbocycles. The molecule has 0 unspecified atom stereocenters. The molecule has 0 aromatic heterocycles. The summed E-state index contributed by atoms with van der Waals surface area (Å²) in [6, 6.07) is 12.7. The van der Waals surface area contributed by atoms with Crippen LogP contribution in [-0.4, -0.2) is 12.4 Å². The van der Waals surface area contributed by atoms with Crippen LogP contribution in [0.4, 0.5) is 5.69 Å². The van der Waals surface area contributed by atoms with E-state index in [1.165, 1.54) is 0 Å². The minimum absolute atomic E-state index is 0.00110. The molecule has 3 heteroatoms. The molecule has 3 nitrogen and oxygen atoms in total. The molecule has 0 bridgehead atoms. The van der Waals surface area contributed by atoms with Gasteiger partial charge < -0.3 is 10.5 Å². The van der Waals surface area contributed by atoms with Crippen molar-refractivity contribution in [1.29, 1.82) is 0 Å². The number of nitrogen functional groups attached to an aromatic ring is 1. The minimum Gasteiger partial charge on any atom is -0.494 e. The molecule has 0 heterocycles. The van der Waals surface area contributed by atoms with E-state index in [-0.39, 0.29) is 5.78 Å². The fourth-order valence-corrected chi connectivity index (χ4v) is 2.23. The number of benzene rings is 2.